The average molecular weight is 240 g/mol. The summed E-state index contributed by atoms with van der Waals surface area (Å²) in [6.45, 7) is 2.51. The maximum atomic E-state index is 5.83. The Bertz CT molecular complexity index is 260. The molecule has 2 heterocycles. The molecule has 0 radical (unpaired) electrons. The summed E-state index contributed by atoms with van der Waals surface area (Å²) in [6.07, 6.45) is 0. The normalized spacial score (nSPS) is 22.4. The van der Waals surface area contributed by atoms with Gasteiger partial charge >= 0.3 is 0 Å². The van der Waals surface area contributed by atoms with Crippen molar-refractivity contribution in [1.82, 2.24) is 5.32 Å². The van der Waals surface area contributed by atoms with Crippen LogP contribution in [-0.2, 0) is 4.74 Å². The first-order valence-corrected chi connectivity index (χ1v) is 5.12. The Kier molecular flexibility index (Phi) is 4.49. The van der Waals surface area contributed by atoms with Crippen molar-refractivity contribution in [3.05, 3.63) is 21.3 Å². The van der Waals surface area contributed by atoms with E-state index < -0.39 is 0 Å². The van der Waals surface area contributed by atoms with E-state index in [4.69, 9.17) is 16.3 Å². The zero-order valence-corrected chi connectivity index (χ0v) is 9.35. The van der Waals surface area contributed by atoms with Crippen LogP contribution in [0.25, 0.3) is 0 Å². The number of morpholine rings is 1. The monoisotopic (exact) mass is 239 g/mol. The second kappa shape index (κ2) is 5.17. The minimum atomic E-state index is 0. The van der Waals surface area contributed by atoms with Crippen molar-refractivity contribution in [3.63, 3.8) is 0 Å². The van der Waals surface area contributed by atoms with Gasteiger partial charge in [-0.2, -0.15) is 0 Å². The summed E-state index contributed by atoms with van der Waals surface area (Å²) in [5.74, 6) is 0. The van der Waals surface area contributed by atoms with Crippen LogP contribution in [0.3, 0.4) is 0 Å². The van der Waals surface area contributed by atoms with E-state index in [2.05, 4.69) is 11.4 Å². The molecule has 13 heavy (non-hydrogen) atoms. The van der Waals surface area contributed by atoms with Gasteiger partial charge in [0.1, 0.15) is 0 Å². The van der Waals surface area contributed by atoms with Crippen molar-refractivity contribution < 1.29 is 4.74 Å². The third kappa shape index (κ3) is 2.82. The molecule has 0 aliphatic carbocycles. The van der Waals surface area contributed by atoms with Gasteiger partial charge in [0.15, 0.2) is 0 Å². The van der Waals surface area contributed by atoms with Gasteiger partial charge in [-0.25, -0.2) is 0 Å². The fraction of sp³-hybridized carbons (Fsp3) is 0.500. The van der Waals surface area contributed by atoms with Gasteiger partial charge < -0.3 is 10.1 Å². The lowest BCUT2D eigenvalue weighted by Gasteiger charge is -2.22. The molecular weight excluding hydrogens is 229 g/mol. The molecule has 1 saturated heterocycles. The van der Waals surface area contributed by atoms with Gasteiger partial charge in [-0.3, -0.25) is 0 Å². The molecule has 1 aromatic heterocycles. The van der Waals surface area contributed by atoms with Gasteiger partial charge in [-0.15, -0.1) is 23.7 Å². The lowest BCUT2D eigenvalue weighted by atomic mass is 10.2. The SMILES string of the molecule is Cl.Clc1ccc([C@@H]2COCCN2)s1. The molecule has 2 nitrogen and oxygen atoms in total. The standard InChI is InChI=1S/C8H10ClNOS.ClH/c9-8-2-1-7(12-8)6-5-11-4-3-10-6;/h1-2,6,10H,3-5H2;1H/t6-;/m0./s1. The molecule has 2 rings (SSSR count). The molecule has 5 heteroatoms. The van der Waals surface area contributed by atoms with Crippen LogP contribution < -0.4 is 5.32 Å². The van der Waals surface area contributed by atoms with Gasteiger partial charge in [0, 0.05) is 11.4 Å². The Labute approximate surface area is 92.6 Å². The molecule has 1 fully saturated rings. The van der Waals surface area contributed by atoms with Crippen molar-refractivity contribution in [1.29, 1.82) is 0 Å². The highest BCUT2D eigenvalue weighted by atomic mass is 35.5. The minimum Gasteiger partial charge on any atom is -0.378 e. The molecular formula is C8H11Cl2NOS. The lowest BCUT2D eigenvalue weighted by molar-refractivity contribution is 0.0779. The van der Waals surface area contributed by atoms with Crippen molar-refractivity contribution >= 4 is 35.3 Å². The smallest absolute Gasteiger partial charge is 0.0931 e. The molecule has 0 bridgehead atoms. The largest absolute Gasteiger partial charge is 0.378 e. The van der Waals surface area contributed by atoms with E-state index in [0.29, 0.717) is 6.04 Å². The fourth-order valence-corrected chi connectivity index (χ4v) is 2.38. The van der Waals surface area contributed by atoms with Crippen LogP contribution in [0.5, 0.6) is 0 Å². The third-order valence-electron chi connectivity index (χ3n) is 1.86. The van der Waals surface area contributed by atoms with E-state index in [1.165, 1.54) is 4.88 Å². The van der Waals surface area contributed by atoms with Crippen LogP contribution in [0.1, 0.15) is 10.9 Å². The van der Waals surface area contributed by atoms with E-state index >= 15 is 0 Å². The molecule has 1 aliphatic rings. The molecule has 0 saturated carbocycles. The van der Waals surface area contributed by atoms with Gasteiger partial charge in [-0.1, -0.05) is 11.6 Å². The average Bonchev–Trinajstić information content (AvgIpc) is 2.54. The predicted octanol–water partition coefficient (Wildman–Crippen LogP) is 2.48. The van der Waals surface area contributed by atoms with Crippen molar-refractivity contribution in [2.75, 3.05) is 19.8 Å². The minimum absolute atomic E-state index is 0. The first-order valence-electron chi connectivity index (χ1n) is 3.92. The van der Waals surface area contributed by atoms with Crippen molar-refractivity contribution in [2.45, 2.75) is 6.04 Å². The fourth-order valence-electron chi connectivity index (χ4n) is 1.26. The van der Waals surface area contributed by atoms with Gasteiger partial charge in [0.05, 0.1) is 23.6 Å². The molecule has 0 aromatic carbocycles. The highest BCUT2D eigenvalue weighted by Crippen LogP contribution is 2.27. The summed E-state index contributed by atoms with van der Waals surface area (Å²) in [5.41, 5.74) is 0. The van der Waals surface area contributed by atoms with Crippen LogP contribution in [0.4, 0.5) is 0 Å². The number of thiophene rings is 1. The van der Waals surface area contributed by atoms with E-state index in [1.807, 2.05) is 6.07 Å². The topological polar surface area (TPSA) is 21.3 Å². The number of nitrogens with one attached hydrogen (secondary N) is 1. The van der Waals surface area contributed by atoms with Crippen LogP contribution in [-0.4, -0.2) is 19.8 Å². The number of ether oxygens (including phenoxy) is 1. The van der Waals surface area contributed by atoms with E-state index in [-0.39, 0.29) is 12.4 Å². The summed E-state index contributed by atoms with van der Waals surface area (Å²) in [6, 6.07) is 4.33. The molecule has 74 valence electrons. The highest BCUT2D eigenvalue weighted by molar-refractivity contribution is 7.16. The van der Waals surface area contributed by atoms with Gasteiger partial charge in [-0.05, 0) is 12.1 Å². The highest BCUT2D eigenvalue weighted by Gasteiger charge is 2.16. The molecule has 1 atom stereocenters. The molecule has 0 unspecified atom stereocenters. The van der Waals surface area contributed by atoms with Crippen LogP contribution in [0.2, 0.25) is 4.34 Å². The molecule has 0 amide bonds. The van der Waals surface area contributed by atoms with Crippen molar-refractivity contribution in [3.8, 4) is 0 Å². The Morgan fingerprint density at radius 2 is 2.38 bits per heavy atom. The second-order valence-electron chi connectivity index (χ2n) is 2.72. The number of hydrogen-bond donors (Lipinski definition) is 1. The molecule has 0 spiro atoms. The Morgan fingerprint density at radius 1 is 1.54 bits per heavy atom. The van der Waals surface area contributed by atoms with Crippen LogP contribution in [0.15, 0.2) is 12.1 Å². The number of rotatable bonds is 1. The first kappa shape index (κ1) is 11.3. The lowest BCUT2D eigenvalue weighted by Crippen LogP contribution is -2.33. The maximum Gasteiger partial charge on any atom is 0.0931 e. The summed E-state index contributed by atoms with van der Waals surface area (Å²) in [5, 5.41) is 3.38. The molecule has 1 aliphatic heterocycles. The zero-order valence-electron chi connectivity index (χ0n) is 6.96. The van der Waals surface area contributed by atoms with E-state index in [0.717, 1.165) is 24.1 Å². The van der Waals surface area contributed by atoms with Gasteiger partial charge in [0.25, 0.3) is 0 Å². The predicted molar refractivity (Wildman–Crippen MR) is 58.1 cm³/mol. The third-order valence-corrected chi connectivity index (χ3v) is 3.20. The zero-order chi connectivity index (χ0) is 8.39. The Balaban J connectivity index is 0.000000845. The van der Waals surface area contributed by atoms with E-state index in [9.17, 15) is 0 Å². The van der Waals surface area contributed by atoms with E-state index in [1.54, 1.807) is 11.3 Å². The second-order valence-corrected chi connectivity index (χ2v) is 4.47. The molecule has 1 aromatic rings. The van der Waals surface area contributed by atoms with Gasteiger partial charge in [0.2, 0.25) is 0 Å². The summed E-state index contributed by atoms with van der Waals surface area (Å²) in [7, 11) is 0. The summed E-state index contributed by atoms with van der Waals surface area (Å²) >= 11 is 7.45. The summed E-state index contributed by atoms with van der Waals surface area (Å²) in [4.78, 5) is 1.26. The van der Waals surface area contributed by atoms with Crippen LogP contribution in [0, 0.1) is 0 Å². The van der Waals surface area contributed by atoms with Crippen molar-refractivity contribution in [2.24, 2.45) is 0 Å². The number of halogens is 2. The quantitative estimate of drug-likeness (QED) is 0.814. The first-order chi connectivity index (χ1) is 5.86. The Hall–Kier alpha value is 0.200. The Morgan fingerprint density at radius 3 is 2.92 bits per heavy atom. The van der Waals surface area contributed by atoms with Crippen LogP contribution >= 0.6 is 35.3 Å². The maximum absolute atomic E-state index is 5.83. The molecule has 1 N–H and O–H groups in total. The summed E-state index contributed by atoms with van der Waals surface area (Å²) < 4.78 is 6.19. The number of hydrogen-bond acceptors (Lipinski definition) is 3.